The quantitative estimate of drug-likeness (QED) is 0.874. The van der Waals surface area contributed by atoms with Crippen LogP contribution in [0.1, 0.15) is 22.8 Å². The first-order valence-electron chi connectivity index (χ1n) is 7.52. The molecule has 3 rings (SSSR count). The molecule has 0 radical (unpaired) electrons. The summed E-state index contributed by atoms with van der Waals surface area (Å²) < 4.78 is 15.7. The molecule has 6 nitrogen and oxygen atoms in total. The lowest BCUT2D eigenvalue weighted by molar-refractivity contribution is -0.123. The number of carbonyl (C=O) groups excluding carboxylic acids is 2. The number of benzene rings is 2. The topological polar surface area (TPSA) is 73.9 Å². The van der Waals surface area contributed by atoms with Gasteiger partial charge in [0.2, 0.25) is 6.79 Å². The number of rotatable bonds is 4. The zero-order chi connectivity index (χ0) is 17.1. The zero-order valence-corrected chi connectivity index (χ0v) is 13.4. The average molecular weight is 327 g/mol. The first kappa shape index (κ1) is 15.9. The molecule has 2 aromatic rings. The highest BCUT2D eigenvalue weighted by atomic mass is 16.7. The summed E-state index contributed by atoms with van der Waals surface area (Å²) in [5.74, 6) is 0.252. The summed E-state index contributed by atoms with van der Waals surface area (Å²) in [6.45, 7) is 3.50. The van der Waals surface area contributed by atoms with Gasteiger partial charge in [-0.1, -0.05) is 18.2 Å². The number of nitrogens with one attached hydrogen (secondary N) is 1. The van der Waals surface area contributed by atoms with E-state index in [0.29, 0.717) is 22.7 Å². The maximum Gasteiger partial charge on any atom is 0.339 e. The second-order valence-corrected chi connectivity index (χ2v) is 5.42. The lowest BCUT2D eigenvalue weighted by Gasteiger charge is -2.14. The van der Waals surface area contributed by atoms with Crippen LogP contribution in [0.2, 0.25) is 0 Å². The summed E-state index contributed by atoms with van der Waals surface area (Å²) in [6.07, 6.45) is -0.928. The predicted molar refractivity (Wildman–Crippen MR) is 87.3 cm³/mol. The Labute approximate surface area is 139 Å². The monoisotopic (exact) mass is 327 g/mol. The summed E-state index contributed by atoms with van der Waals surface area (Å²) >= 11 is 0. The largest absolute Gasteiger partial charge is 0.454 e. The van der Waals surface area contributed by atoms with Gasteiger partial charge < -0.3 is 19.5 Å². The van der Waals surface area contributed by atoms with Crippen LogP contribution in [0.5, 0.6) is 11.5 Å². The Kier molecular flexibility index (Phi) is 4.37. The molecule has 1 N–H and O–H groups in total. The number of carbonyl (C=O) groups is 2. The normalized spacial score (nSPS) is 13.2. The van der Waals surface area contributed by atoms with Crippen molar-refractivity contribution in [3.8, 4) is 11.5 Å². The van der Waals surface area contributed by atoms with Gasteiger partial charge in [0.15, 0.2) is 17.6 Å². The fourth-order valence-corrected chi connectivity index (χ4v) is 2.30. The van der Waals surface area contributed by atoms with Gasteiger partial charge in [-0.25, -0.2) is 4.79 Å². The van der Waals surface area contributed by atoms with Gasteiger partial charge in [0.25, 0.3) is 5.91 Å². The van der Waals surface area contributed by atoms with Gasteiger partial charge in [0.05, 0.1) is 5.56 Å². The number of hydrogen-bond donors (Lipinski definition) is 1. The van der Waals surface area contributed by atoms with Crippen LogP contribution in [0.25, 0.3) is 0 Å². The van der Waals surface area contributed by atoms with E-state index in [2.05, 4.69) is 5.32 Å². The lowest BCUT2D eigenvalue weighted by Crippen LogP contribution is -2.30. The molecular formula is C18H17NO5. The molecule has 0 unspecified atom stereocenters. The fraction of sp³-hybridized carbons (Fsp3) is 0.222. The van der Waals surface area contributed by atoms with Crippen LogP contribution in [-0.4, -0.2) is 24.8 Å². The van der Waals surface area contributed by atoms with Gasteiger partial charge in [-0.05, 0) is 37.6 Å². The number of fused-ring (bicyclic) bond motifs is 1. The smallest absolute Gasteiger partial charge is 0.339 e. The van der Waals surface area contributed by atoms with E-state index in [1.54, 1.807) is 30.3 Å². The van der Waals surface area contributed by atoms with E-state index in [-0.39, 0.29) is 6.79 Å². The van der Waals surface area contributed by atoms with Crippen LogP contribution >= 0.6 is 0 Å². The van der Waals surface area contributed by atoms with E-state index in [9.17, 15) is 9.59 Å². The van der Waals surface area contributed by atoms with Crippen LogP contribution in [0.15, 0.2) is 42.5 Å². The second kappa shape index (κ2) is 6.62. The molecule has 2 aromatic carbocycles. The SMILES string of the molecule is Cc1ccccc1C(=O)O[C@@H](C)C(=O)Nc1ccc2c(c1)OCO2. The van der Waals surface area contributed by atoms with Crippen LogP contribution < -0.4 is 14.8 Å². The molecule has 1 aliphatic rings. The van der Waals surface area contributed by atoms with Crippen molar-refractivity contribution < 1.29 is 23.8 Å². The molecule has 1 amide bonds. The molecule has 1 heterocycles. The minimum atomic E-state index is -0.928. The molecule has 0 spiro atoms. The molecule has 0 aliphatic carbocycles. The highest BCUT2D eigenvalue weighted by Crippen LogP contribution is 2.34. The summed E-state index contributed by atoms with van der Waals surface area (Å²) in [6, 6.07) is 12.1. The Bertz CT molecular complexity index is 787. The Morgan fingerprint density at radius 2 is 1.88 bits per heavy atom. The molecule has 0 bridgehead atoms. The highest BCUT2D eigenvalue weighted by molar-refractivity contribution is 5.98. The standard InChI is InChI=1S/C18H17NO5/c1-11-5-3-4-6-14(11)18(21)24-12(2)17(20)19-13-7-8-15-16(9-13)23-10-22-15/h3-9,12H,10H2,1-2H3,(H,19,20)/t12-/m0/s1. The number of aryl methyl sites for hydroxylation is 1. The van der Waals surface area contributed by atoms with E-state index in [0.717, 1.165) is 5.56 Å². The third kappa shape index (κ3) is 3.32. The first-order valence-corrected chi connectivity index (χ1v) is 7.52. The van der Waals surface area contributed by atoms with E-state index in [1.807, 2.05) is 19.1 Å². The Morgan fingerprint density at radius 1 is 1.12 bits per heavy atom. The third-order valence-electron chi connectivity index (χ3n) is 3.66. The number of anilines is 1. The van der Waals surface area contributed by atoms with Crippen molar-refractivity contribution in [2.24, 2.45) is 0 Å². The fourth-order valence-electron chi connectivity index (χ4n) is 2.30. The van der Waals surface area contributed by atoms with Crippen molar-refractivity contribution in [2.75, 3.05) is 12.1 Å². The number of ether oxygens (including phenoxy) is 3. The van der Waals surface area contributed by atoms with Crippen molar-refractivity contribution in [3.05, 3.63) is 53.6 Å². The molecular weight excluding hydrogens is 310 g/mol. The van der Waals surface area contributed by atoms with Gasteiger partial charge in [0.1, 0.15) is 0 Å². The van der Waals surface area contributed by atoms with Crippen LogP contribution in [0.3, 0.4) is 0 Å². The predicted octanol–water partition coefficient (Wildman–Crippen LogP) is 2.91. The van der Waals surface area contributed by atoms with Gasteiger partial charge in [-0.3, -0.25) is 4.79 Å². The zero-order valence-electron chi connectivity index (χ0n) is 13.4. The van der Waals surface area contributed by atoms with Crippen molar-refractivity contribution in [3.63, 3.8) is 0 Å². The Balaban J connectivity index is 1.63. The number of amides is 1. The molecule has 124 valence electrons. The van der Waals surface area contributed by atoms with Crippen molar-refractivity contribution in [1.29, 1.82) is 0 Å². The van der Waals surface area contributed by atoms with Crippen molar-refractivity contribution in [2.45, 2.75) is 20.0 Å². The minimum absolute atomic E-state index is 0.164. The molecule has 0 fully saturated rings. The van der Waals surface area contributed by atoms with Gasteiger partial charge in [-0.15, -0.1) is 0 Å². The Hall–Kier alpha value is -3.02. The maximum absolute atomic E-state index is 12.2. The van der Waals surface area contributed by atoms with Crippen LogP contribution in [-0.2, 0) is 9.53 Å². The second-order valence-electron chi connectivity index (χ2n) is 5.42. The summed E-state index contributed by atoms with van der Waals surface area (Å²) in [5, 5.41) is 2.69. The van der Waals surface area contributed by atoms with Gasteiger partial charge in [0, 0.05) is 11.8 Å². The van der Waals surface area contributed by atoms with Crippen molar-refractivity contribution >= 4 is 17.6 Å². The molecule has 24 heavy (non-hydrogen) atoms. The molecule has 6 heteroatoms. The van der Waals surface area contributed by atoms with Crippen molar-refractivity contribution in [1.82, 2.24) is 0 Å². The van der Waals surface area contributed by atoms with E-state index in [4.69, 9.17) is 14.2 Å². The molecule has 1 aliphatic heterocycles. The summed E-state index contributed by atoms with van der Waals surface area (Å²) in [4.78, 5) is 24.4. The third-order valence-corrected chi connectivity index (χ3v) is 3.66. The molecule has 0 saturated heterocycles. The number of esters is 1. The summed E-state index contributed by atoms with van der Waals surface area (Å²) in [5.41, 5.74) is 1.79. The first-order chi connectivity index (χ1) is 11.5. The minimum Gasteiger partial charge on any atom is -0.454 e. The van der Waals surface area contributed by atoms with E-state index in [1.165, 1.54) is 6.92 Å². The lowest BCUT2D eigenvalue weighted by atomic mass is 10.1. The average Bonchev–Trinajstić information content (AvgIpc) is 3.02. The summed E-state index contributed by atoms with van der Waals surface area (Å²) in [7, 11) is 0. The van der Waals surface area contributed by atoms with Gasteiger partial charge >= 0.3 is 5.97 Å². The Morgan fingerprint density at radius 3 is 2.67 bits per heavy atom. The highest BCUT2D eigenvalue weighted by Gasteiger charge is 2.21. The van der Waals surface area contributed by atoms with Crippen LogP contribution in [0, 0.1) is 6.92 Å². The van der Waals surface area contributed by atoms with E-state index < -0.39 is 18.0 Å². The van der Waals surface area contributed by atoms with E-state index >= 15 is 0 Å². The maximum atomic E-state index is 12.2. The van der Waals surface area contributed by atoms with Crippen LogP contribution in [0.4, 0.5) is 5.69 Å². The van der Waals surface area contributed by atoms with Gasteiger partial charge in [-0.2, -0.15) is 0 Å². The molecule has 0 aromatic heterocycles. The number of hydrogen-bond acceptors (Lipinski definition) is 5. The molecule has 0 saturated carbocycles. The molecule has 1 atom stereocenters.